The first-order chi connectivity index (χ1) is 18.0. The summed E-state index contributed by atoms with van der Waals surface area (Å²) in [5, 5.41) is 11.2. The smallest absolute Gasteiger partial charge is 0.209 e. The molecular weight excluding hydrogens is 581 g/mol. The highest BCUT2D eigenvalue weighted by molar-refractivity contribution is 7.89. The highest BCUT2D eigenvalue weighted by Gasteiger charge is 2.37. The molecule has 0 bridgehead atoms. The SMILES string of the molecule is Cc1nn(C(C)c2ccc(Cl)cc2Cl)c2nc(N3CC[C@H](N4CCC[C@H]4CCS(N)(=O)=O)[C@H](C)C3)cnc12.Cl. The Balaban J connectivity index is 0.00000353. The Kier molecular flexibility index (Phi) is 9.35. The maximum atomic E-state index is 11.5. The summed E-state index contributed by atoms with van der Waals surface area (Å²) >= 11 is 12.6. The van der Waals surface area contributed by atoms with Crippen LogP contribution in [0.5, 0.6) is 0 Å². The number of halogens is 3. The lowest BCUT2D eigenvalue weighted by Crippen LogP contribution is -2.52. The van der Waals surface area contributed by atoms with Crippen molar-refractivity contribution in [2.24, 2.45) is 11.1 Å². The fourth-order valence-electron chi connectivity index (χ4n) is 6.18. The van der Waals surface area contributed by atoms with Gasteiger partial charge in [0.05, 0.1) is 23.7 Å². The van der Waals surface area contributed by atoms with Gasteiger partial charge < -0.3 is 4.90 Å². The van der Waals surface area contributed by atoms with Crippen molar-refractivity contribution in [2.45, 2.75) is 64.6 Å². The topological polar surface area (TPSA) is 110 Å². The van der Waals surface area contributed by atoms with E-state index in [1.165, 1.54) is 0 Å². The van der Waals surface area contributed by atoms with Gasteiger partial charge in [0, 0.05) is 35.2 Å². The van der Waals surface area contributed by atoms with Gasteiger partial charge in [-0.15, -0.1) is 12.4 Å². The quantitative estimate of drug-likeness (QED) is 0.405. The number of hydrogen-bond acceptors (Lipinski definition) is 7. The molecule has 2 aliphatic rings. The zero-order chi connectivity index (χ0) is 27.2. The van der Waals surface area contributed by atoms with Crippen LogP contribution in [0.4, 0.5) is 5.82 Å². The van der Waals surface area contributed by atoms with Crippen LogP contribution in [0.3, 0.4) is 0 Å². The molecule has 13 heteroatoms. The number of aromatic nitrogens is 4. The first kappa shape index (κ1) is 30.3. The van der Waals surface area contributed by atoms with Gasteiger partial charge in [-0.25, -0.2) is 28.2 Å². The number of sulfonamides is 1. The molecule has 0 saturated carbocycles. The molecule has 4 atom stereocenters. The van der Waals surface area contributed by atoms with Crippen molar-refractivity contribution in [3.63, 3.8) is 0 Å². The summed E-state index contributed by atoms with van der Waals surface area (Å²) in [6, 6.07) is 6.06. The molecular formula is C26H36Cl3N7O2S. The van der Waals surface area contributed by atoms with Crippen LogP contribution in [0, 0.1) is 12.8 Å². The third kappa shape index (κ3) is 6.47. The number of fused-ring (bicyclic) bond motifs is 1. The van der Waals surface area contributed by atoms with Crippen LogP contribution in [0.25, 0.3) is 11.2 Å². The highest BCUT2D eigenvalue weighted by Crippen LogP contribution is 2.34. The van der Waals surface area contributed by atoms with E-state index in [-0.39, 0.29) is 30.2 Å². The zero-order valence-electron chi connectivity index (χ0n) is 22.4. The molecule has 3 aromatic rings. The number of rotatable bonds is 7. The number of nitrogens with two attached hydrogens (primary N) is 1. The second-order valence-corrected chi connectivity index (χ2v) is 13.3. The molecule has 2 aliphatic heterocycles. The summed E-state index contributed by atoms with van der Waals surface area (Å²) in [5.41, 5.74) is 3.26. The first-order valence-electron chi connectivity index (χ1n) is 13.2. The largest absolute Gasteiger partial charge is 0.355 e. The van der Waals surface area contributed by atoms with Gasteiger partial charge >= 0.3 is 0 Å². The molecule has 5 rings (SSSR count). The number of nitrogens with zero attached hydrogens (tertiary/aromatic N) is 6. The Morgan fingerprint density at radius 2 is 1.97 bits per heavy atom. The Morgan fingerprint density at radius 3 is 2.67 bits per heavy atom. The molecule has 1 aromatic carbocycles. The molecule has 4 heterocycles. The normalized spacial score (nSPS) is 23.2. The molecule has 0 aliphatic carbocycles. The fourth-order valence-corrected chi connectivity index (χ4v) is 7.34. The number of aryl methyl sites for hydroxylation is 1. The van der Waals surface area contributed by atoms with E-state index in [0.717, 1.165) is 67.1 Å². The van der Waals surface area contributed by atoms with Gasteiger partial charge in [0.2, 0.25) is 10.0 Å². The molecule has 0 spiro atoms. The maximum absolute atomic E-state index is 11.5. The summed E-state index contributed by atoms with van der Waals surface area (Å²) in [7, 11) is -3.44. The van der Waals surface area contributed by atoms with Crippen LogP contribution in [-0.2, 0) is 10.0 Å². The average Bonchev–Trinajstić information content (AvgIpc) is 3.46. The van der Waals surface area contributed by atoms with Crippen LogP contribution in [-0.4, -0.2) is 70.5 Å². The standard InChI is InChI=1S/C26H35Cl2N7O2S.ClH/c1-16-15-33(11-8-23(16)34-10-4-5-20(34)9-12-38(29,36)37)24-14-30-25-17(2)32-35(26(25)31-24)18(3)21-7-6-19(27)13-22(21)28;/h6-7,13-14,16,18,20,23H,4-5,8-12,15H2,1-3H3,(H2,29,36,37);1H/t16-,18?,20+,23+;/m1./s1. The fraction of sp³-hybridized carbons (Fsp3) is 0.577. The number of piperidine rings is 1. The van der Waals surface area contributed by atoms with Crippen LogP contribution in [0.15, 0.2) is 24.4 Å². The van der Waals surface area contributed by atoms with Gasteiger partial charge in [0.25, 0.3) is 0 Å². The van der Waals surface area contributed by atoms with Crippen LogP contribution >= 0.6 is 35.6 Å². The third-order valence-corrected chi connectivity index (χ3v) is 9.47. The van der Waals surface area contributed by atoms with Gasteiger partial charge in [0.1, 0.15) is 11.3 Å². The van der Waals surface area contributed by atoms with E-state index >= 15 is 0 Å². The van der Waals surface area contributed by atoms with Crippen LogP contribution < -0.4 is 10.0 Å². The number of anilines is 1. The van der Waals surface area contributed by atoms with Crippen molar-refractivity contribution in [3.8, 4) is 0 Å². The Morgan fingerprint density at radius 1 is 1.21 bits per heavy atom. The maximum Gasteiger partial charge on any atom is 0.209 e. The van der Waals surface area contributed by atoms with Gasteiger partial charge in [0.15, 0.2) is 5.65 Å². The number of hydrogen-bond donors (Lipinski definition) is 1. The molecule has 2 N–H and O–H groups in total. The van der Waals surface area contributed by atoms with Gasteiger partial charge in [-0.2, -0.15) is 5.10 Å². The van der Waals surface area contributed by atoms with Crippen molar-refractivity contribution in [1.82, 2.24) is 24.6 Å². The molecule has 2 saturated heterocycles. The van der Waals surface area contributed by atoms with E-state index in [9.17, 15) is 8.42 Å². The van der Waals surface area contributed by atoms with Crippen molar-refractivity contribution < 1.29 is 8.42 Å². The Hall–Kier alpha value is -1.69. The van der Waals surface area contributed by atoms with Crippen molar-refractivity contribution >= 4 is 62.6 Å². The lowest BCUT2D eigenvalue weighted by molar-refractivity contribution is 0.113. The summed E-state index contributed by atoms with van der Waals surface area (Å²) in [5.74, 6) is 1.28. The molecule has 2 fully saturated rings. The monoisotopic (exact) mass is 615 g/mol. The predicted octanol–water partition coefficient (Wildman–Crippen LogP) is 4.83. The van der Waals surface area contributed by atoms with E-state index < -0.39 is 10.0 Å². The van der Waals surface area contributed by atoms with E-state index in [0.29, 0.717) is 28.4 Å². The predicted molar refractivity (Wildman–Crippen MR) is 160 cm³/mol. The molecule has 0 amide bonds. The van der Waals surface area contributed by atoms with Crippen LogP contribution in [0.1, 0.15) is 56.8 Å². The van der Waals surface area contributed by atoms with E-state index in [1.807, 2.05) is 36.9 Å². The summed E-state index contributed by atoms with van der Waals surface area (Å²) in [4.78, 5) is 14.6. The minimum Gasteiger partial charge on any atom is -0.355 e. The lowest BCUT2D eigenvalue weighted by Gasteiger charge is -2.43. The Labute approximate surface area is 246 Å². The van der Waals surface area contributed by atoms with Gasteiger partial charge in [-0.3, -0.25) is 4.90 Å². The molecule has 1 unspecified atom stereocenters. The van der Waals surface area contributed by atoms with E-state index in [2.05, 4.69) is 16.7 Å². The second-order valence-electron chi connectivity index (χ2n) is 10.7. The summed E-state index contributed by atoms with van der Waals surface area (Å²) in [6.45, 7) is 9.00. The summed E-state index contributed by atoms with van der Waals surface area (Å²) in [6.07, 6.45) is 5.57. The molecule has 214 valence electrons. The number of likely N-dealkylation sites (tertiary alicyclic amines) is 1. The lowest BCUT2D eigenvalue weighted by atomic mass is 9.91. The van der Waals surface area contributed by atoms with Crippen molar-refractivity contribution in [3.05, 3.63) is 45.7 Å². The minimum atomic E-state index is -3.44. The van der Waals surface area contributed by atoms with Gasteiger partial charge in [-0.1, -0.05) is 36.2 Å². The first-order valence-corrected chi connectivity index (χ1v) is 15.7. The van der Waals surface area contributed by atoms with E-state index in [1.54, 1.807) is 6.07 Å². The number of benzene rings is 1. The number of primary sulfonamides is 1. The van der Waals surface area contributed by atoms with Crippen LogP contribution in [0.2, 0.25) is 10.0 Å². The second kappa shape index (κ2) is 12.0. The van der Waals surface area contributed by atoms with Crippen molar-refractivity contribution in [1.29, 1.82) is 0 Å². The molecule has 9 nitrogen and oxygen atoms in total. The molecule has 39 heavy (non-hydrogen) atoms. The van der Waals surface area contributed by atoms with E-state index in [4.69, 9.17) is 43.4 Å². The third-order valence-electron chi connectivity index (χ3n) is 8.11. The molecule has 0 radical (unpaired) electrons. The average molecular weight is 617 g/mol. The minimum absolute atomic E-state index is 0. The molecule has 2 aromatic heterocycles. The zero-order valence-corrected chi connectivity index (χ0v) is 25.6. The van der Waals surface area contributed by atoms with Crippen molar-refractivity contribution in [2.75, 3.05) is 30.3 Å². The highest BCUT2D eigenvalue weighted by atomic mass is 35.5. The summed E-state index contributed by atoms with van der Waals surface area (Å²) < 4.78 is 25.0. The Bertz CT molecular complexity index is 1430. The van der Waals surface area contributed by atoms with Gasteiger partial charge in [-0.05, 0) is 69.7 Å².